The predicted octanol–water partition coefficient (Wildman–Crippen LogP) is 3.18. The first-order chi connectivity index (χ1) is 12.1. The van der Waals surface area contributed by atoms with Gasteiger partial charge in [-0.1, -0.05) is 48.5 Å². The molecular formula is C20H23NO4. The molecule has 5 heteroatoms. The Labute approximate surface area is 148 Å². The van der Waals surface area contributed by atoms with Gasteiger partial charge in [0.25, 0.3) is 0 Å². The van der Waals surface area contributed by atoms with Gasteiger partial charge in [-0.3, -0.25) is 4.79 Å². The molecule has 25 heavy (non-hydrogen) atoms. The molecule has 0 spiro atoms. The minimum atomic E-state index is -0.795. The van der Waals surface area contributed by atoms with Crippen LogP contribution in [0.1, 0.15) is 30.0 Å². The van der Waals surface area contributed by atoms with E-state index in [2.05, 4.69) is 5.32 Å². The molecule has 1 atom stereocenters. The highest BCUT2D eigenvalue weighted by Gasteiger charge is 2.23. The summed E-state index contributed by atoms with van der Waals surface area (Å²) in [4.78, 5) is 24.1. The van der Waals surface area contributed by atoms with E-state index in [0.717, 1.165) is 11.3 Å². The molecule has 0 aliphatic carbocycles. The largest absolute Gasteiger partial charge is 0.493 e. The first kappa shape index (κ1) is 18.5. The van der Waals surface area contributed by atoms with Crippen LogP contribution in [0.4, 0.5) is 0 Å². The second kappa shape index (κ2) is 9.47. The van der Waals surface area contributed by atoms with Gasteiger partial charge in [-0.15, -0.1) is 0 Å². The monoisotopic (exact) mass is 341 g/mol. The van der Waals surface area contributed by atoms with Crippen LogP contribution in [-0.2, 0) is 14.3 Å². The summed E-state index contributed by atoms with van der Waals surface area (Å²) in [7, 11) is 1.31. The first-order valence-electron chi connectivity index (χ1n) is 8.22. The minimum absolute atomic E-state index is 0.215. The zero-order valence-corrected chi connectivity index (χ0v) is 14.5. The fourth-order valence-corrected chi connectivity index (χ4v) is 2.41. The molecule has 1 unspecified atom stereocenters. The molecule has 2 aromatic rings. The van der Waals surface area contributed by atoms with Crippen LogP contribution in [0.15, 0.2) is 54.6 Å². The summed E-state index contributed by atoms with van der Waals surface area (Å²) < 4.78 is 10.5. The summed E-state index contributed by atoms with van der Waals surface area (Å²) in [5.74, 6) is 0.114. The van der Waals surface area contributed by atoms with Gasteiger partial charge >= 0.3 is 5.97 Å². The van der Waals surface area contributed by atoms with Crippen molar-refractivity contribution in [3.05, 3.63) is 65.7 Å². The van der Waals surface area contributed by atoms with Crippen molar-refractivity contribution in [1.29, 1.82) is 0 Å². The molecule has 0 aliphatic rings. The van der Waals surface area contributed by atoms with E-state index in [-0.39, 0.29) is 12.3 Å². The van der Waals surface area contributed by atoms with E-state index in [4.69, 9.17) is 9.47 Å². The number of nitrogens with one attached hydrogen (secondary N) is 1. The average molecular weight is 341 g/mol. The number of esters is 1. The zero-order chi connectivity index (χ0) is 18.1. The maximum atomic E-state index is 12.2. The number of hydrogen-bond donors (Lipinski definition) is 1. The van der Waals surface area contributed by atoms with Gasteiger partial charge in [-0.25, -0.2) is 4.79 Å². The van der Waals surface area contributed by atoms with E-state index in [9.17, 15) is 9.59 Å². The van der Waals surface area contributed by atoms with Crippen molar-refractivity contribution in [2.45, 2.75) is 25.8 Å². The summed E-state index contributed by atoms with van der Waals surface area (Å²) in [6, 6.07) is 16.0. The second-order valence-electron chi connectivity index (χ2n) is 5.65. The van der Waals surface area contributed by atoms with Crippen molar-refractivity contribution in [2.24, 2.45) is 0 Å². The third kappa shape index (κ3) is 5.64. The maximum Gasteiger partial charge on any atom is 0.333 e. The molecule has 5 nitrogen and oxygen atoms in total. The molecule has 0 heterocycles. The topological polar surface area (TPSA) is 64.6 Å². The molecule has 0 fully saturated rings. The van der Waals surface area contributed by atoms with Gasteiger partial charge in [0.05, 0.1) is 13.7 Å². The highest BCUT2D eigenvalue weighted by Crippen LogP contribution is 2.17. The smallest absolute Gasteiger partial charge is 0.333 e. The third-order valence-corrected chi connectivity index (χ3v) is 3.77. The Balaban J connectivity index is 1.83. The van der Waals surface area contributed by atoms with E-state index in [1.807, 2.05) is 49.4 Å². The normalized spacial score (nSPS) is 11.4. The van der Waals surface area contributed by atoms with Gasteiger partial charge in [0.1, 0.15) is 5.75 Å². The fraction of sp³-hybridized carbons (Fsp3) is 0.300. The van der Waals surface area contributed by atoms with Crippen LogP contribution in [0.2, 0.25) is 0 Å². The molecule has 0 saturated heterocycles. The lowest BCUT2D eigenvalue weighted by Gasteiger charge is -2.17. The average Bonchev–Trinajstić information content (AvgIpc) is 2.64. The van der Waals surface area contributed by atoms with Gasteiger partial charge in [-0.2, -0.15) is 0 Å². The van der Waals surface area contributed by atoms with E-state index < -0.39 is 12.0 Å². The number of benzene rings is 2. The Hall–Kier alpha value is -2.82. The number of hydrogen-bond acceptors (Lipinski definition) is 4. The first-order valence-corrected chi connectivity index (χ1v) is 8.22. The number of aryl methyl sites for hydroxylation is 1. The Morgan fingerprint density at radius 1 is 1.04 bits per heavy atom. The number of carbonyl (C=O) groups excluding carboxylic acids is 2. The Morgan fingerprint density at radius 3 is 2.40 bits per heavy atom. The lowest BCUT2D eigenvalue weighted by atomic mass is 10.1. The molecule has 0 aliphatic heterocycles. The third-order valence-electron chi connectivity index (χ3n) is 3.77. The van der Waals surface area contributed by atoms with Crippen LogP contribution in [-0.4, -0.2) is 25.6 Å². The molecule has 0 aromatic heterocycles. The van der Waals surface area contributed by atoms with Crippen LogP contribution in [0.25, 0.3) is 0 Å². The second-order valence-corrected chi connectivity index (χ2v) is 5.65. The van der Waals surface area contributed by atoms with E-state index in [1.54, 1.807) is 12.1 Å². The number of rotatable bonds is 8. The van der Waals surface area contributed by atoms with Crippen molar-refractivity contribution in [2.75, 3.05) is 13.7 Å². The molecule has 1 N–H and O–H groups in total. The Kier molecular flexibility index (Phi) is 7.01. The molecular weight excluding hydrogens is 318 g/mol. The molecule has 132 valence electrons. The molecule has 0 radical (unpaired) electrons. The van der Waals surface area contributed by atoms with Crippen molar-refractivity contribution >= 4 is 11.9 Å². The molecule has 0 bridgehead atoms. The minimum Gasteiger partial charge on any atom is -0.493 e. The molecule has 2 aromatic carbocycles. The van der Waals surface area contributed by atoms with Gasteiger partial charge in [0.15, 0.2) is 6.04 Å². The number of carbonyl (C=O) groups is 2. The lowest BCUT2D eigenvalue weighted by molar-refractivity contribution is -0.145. The molecule has 1 amide bonds. The van der Waals surface area contributed by atoms with Crippen LogP contribution in [0, 0.1) is 6.92 Å². The Morgan fingerprint density at radius 2 is 1.72 bits per heavy atom. The quantitative estimate of drug-likeness (QED) is 0.592. The van der Waals surface area contributed by atoms with Gasteiger partial charge in [0, 0.05) is 6.42 Å². The van der Waals surface area contributed by atoms with E-state index >= 15 is 0 Å². The lowest BCUT2D eigenvalue weighted by Crippen LogP contribution is -2.34. The number of para-hydroxylation sites is 1. The van der Waals surface area contributed by atoms with Crippen molar-refractivity contribution in [3.63, 3.8) is 0 Å². The van der Waals surface area contributed by atoms with Gasteiger partial charge in [0.2, 0.25) is 5.91 Å². The van der Waals surface area contributed by atoms with Crippen LogP contribution < -0.4 is 10.1 Å². The van der Waals surface area contributed by atoms with Crippen LogP contribution >= 0.6 is 0 Å². The highest BCUT2D eigenvalue weighted by molar-refractivity contribution is 5.85. The van der Waals surface area contributed by atoms with Crippen molar-refractivity contribution in [1.82, 2.24) is 5.32 Å². The van der Waals surface area contributed by atoms with Crippen molar-refractivity contribution in [3.8, 4) is 5.75 Å². The number of amides is 1. The summed E-state index contributed by atoms with van der Waals surface area (Å²) >= 11 is 0. The van der Waals surface area contributed by atoms with Crippen LogP contribution in [0.5, 0.6) is 5.75 Å². The SMILES string of the molecule is COC(=O)C(NC(=O)CCCOc1ccccc1C)c1ccccc1. The van der Waals surface area contributed by atoms with E-state index in [0.29, 0.717) is 18.6 Å². The van der Waals surface area contributed by atoms with Crippen LogP contribution in [0.3, 0.4) is 0 Å². The zero-order valence-electron chi connectivity index (χ0n) is 14.5. The standard InChI is InChI=1S/C20H23NO4/c1-15-9-6-7-12-17(15)25-14-8-13-18(22)21-19(20(23)24-2)16-10-4-3-5-11-16/h3-7,9-12,19H,8,13-14H2,1-2H3,(H,21,22). The summed E-state index contributed by atoms with van der Waals surface area (Å²) in [6.45, 7) is 2.41. The maximum absolute atomic E-state index is 12.2. The fourth-order valence-electron chi connectivity index (χ4n) is 2.41. The van der Waals surface area contributed by atoms with Gasteiger partial charge < -0.3 is 14.8 Å². The summed E-state index contributed by atoms with van der Waals surface area (Å²) in [5, 5.41) is 2.73. The molecule has 0 saturated carbocycles. The summed E-state index contributed by atoms with van der Waals surface area (Å²) in [5.41, 5.74) is 1.75. The van der Waals surface area contributed by atoms with Crippen molar-refractivity contribution < 1.29 is 19.1 Å². The number of ether oxygens (including phenoxy) is 2. The molecule has 2 rings (SSSR count). The predicted molar refractivity (Wildman–Crippen MR) is 95.2 cm³/mol. The van der Waals surface area contributed by atoms with E-state index in [1.165, 1.54) is 7.11 Å². The van der Waals surface area contributed by atoms with Gasteiger partial charge in [-0.05, 0) is 30.5 Å². The number of methoxy groups -OCH3 is 1. The summed E-state index contributed by atoms with van der Waals surface area (Å²) in [6.07, 6.45) is 0.828. The highest BCUT2D eigenvalue weighted by atomic mass is 16.5. The Bertz CT molecular complexity index is 700.